The van der Waals surface area contributed by atoms with E-state index in [-0.39, 0.29) is 32.0 Å². The van der Waals surface area contributed by atoms with E-state index in [2.05, 4.69) is 15.5 Å². The lowest BCUT2D eigenvalue weighted by Gasteiger charge is -2.33. The minimum Gasteiger partial charge on any atom is -0.497 e. The second kappa shape index (κ2) is 16.7. The van der Waals surface area contributed by atoms with Gasteiger partial charge in [0.05, 0.1) is 45.5 Å². The number of halogens is 3. The van der Waals surface area contributed by atoms with Crippen LogP contribution in [0.15, 0.2) is 48.5 Å². The number of benzene rings is 2. The summed E-state index contributed by atoms with van der Waals surface area (Å²) < 4.78 is 69.0. The monoisotopic (exact) mass is 711 g/mol. The van der Waals surface area contributed by atoms with E-state index in [4.69, 9.17) is 23.7 Å². The molecule has 2 aliphatic rings. The highest BCUT2D eigenvalue weighted by molar-refractivity contribution is 5.98. The number of nitrogens with zero attached hydrogens (tertiary/aromatic N) is 1. The molecule has 0 aromatic heterocycles. The highest BCUT2D eigenvalue weighted by Crippen LogP contribution is 2.33. The van der Waals surface area contributed by atoms with Gasteiger partial charge in [0, 0.05) is 13.1 Å². The van der Waals surface area contributed by atoms with Crippen molar-refractivity contribution in [2.24, 2.45) is 17.3 Å². The van der Waals surface area contributed by atoms with Gasteiger partial charge in [-0.25, -0.2) is 9.80 Å². The van der Waals surface area contributed by atoms with Gasteiger partial charge in [-0.2, -0.15) is 0 Å². The summed E-state index contributed by atoms with van der Waals surface area (Å²) in [6, 6.07) is 11.0. The molecule has 0 bridgehead atoms. The summed E-state index contributed by atoms with van der Waals surface area (Å²) >= 11 is 0. The van der Waals surface area contributed by atoms with Crippen LogP contribution in [0.1, 0.15) is 38.3 Å². The van der Waals surface area contributed by atoms with Crippen molar-refractivity contribution in [1.82, 2.24) is 15.8 Å². The van der Waals surface area contributed by atoms with Crippen LogP contribution in [0.5, 0.6) is 11.5 Å². The molecule has 6 atom stereocenters. The lowest BCUT2D eigenvalue weighted by Crippen LogP contribution is -2.55. The number of ether oxygens (including phenoxy) is 6. The van der Waals surface area contributed by atoms with Crippen LogP contribution in [-0.2, 0) is 41.5 Å². The number of aliphatic hydroxyl groups is 1. The number of methoxy groups -OCH3 is 2. The van der Waals surface area contributed by atoms with Crippen LogP contribution in [0, 0.1) is 17.3 Å². The lowest BCUT2D eigenvalue weighted by atomic mass is 9.80. The Morgan fingerprint density at radius 2 is 1.62 bits per heavy atom. The van der Waals surface area contributed by atoms with Crippen molar-refractivity contribution < 1.29 is 61.1 Å². The zero-order valence-corrected chi connectivity index (χ0v) is 28.5. The number of carbonyl (C=O) groups excluding carboxylic acids is 3. The Hall–Kier alpha value is -4.12. The fourth-order valence-corrected chi connectivity index (χ4v) is 5.90. The molecule has 3 N–H and O–H groups in total. The third kappa shape index (κ3) is 10.9. The second-order valence-electron chi connectivity index (χ2n) is 13.2. The van der Waals surface area contributed by atoms with Crippen LogP contribution in [-0.4, -0.2) is 93.0 Å². The van der Waals surface area contributed by atoms with Crippen LogP contribution in [0.3, 0.4) is 0 Å². The Labute approximate surface area is 288 Å². The molecule has 2 heterocycles. The maximum absolute atomic E-state index is 13.6. The number of aliphatic hydroxyl groups excluding tert-OH is 1. The first-order valence-corrected chi connectivity index (χ1v) is 16.1. The van der Waals surface area contributed by atoms with Gasteiger partial charge in [0.1, 0.15) is 23.5 Å². The number of hydrazine groups is 1. The summed E-state index contributed by atoms with van der Waals surface area (Å²) in [7, 11) is 2.70. The van der Waals surface area contributed by atoms with Gasteiger partial charge in [0.2, 0.25) is 5.91 Å². The third-order valence-corrected chi connectivity index (χ3v) is 8.40. The Morgan fingerprint density at radius 1 is 0.980 bits per heavy atom. The van der Waals surface area contributed by atoms with Crippen molar-refractivity contribution in [3.05, 3.63) is 59.7 Å². The zero-order valence-electron chi connectivity index (χ0n) is 28.5. The Morgan fingerprint density at radius 3 is 2.22 bits per heavy atom. The number of rotatable bonds is 14. The predicted molar refractivity (Wildman–Crippen MR) is 170 cm³/mol. The number of fused-ring (bicyclic) bond motifs is 1. The summed E-state index contributed by atoms with van der Waals surface area (Å²) in [4.78, 5) is 39.4. The minimum atomic E-state index is -4.88. The topological polar surface area (TPSA) is 154 Å². The van der Waals surface area contributed by atoms with Crippen LogP contribution >= 0.6 is 0 Å². The summed E-state index contributed by atoms with van der Waals surface area (Å²) in [5.74, 6) is -2.61. The first kappa shape index (κ1) is 38.7. The average Bonchev–Trinajstić information content (AvgIpc) is 3.65. The normalized spacial score (nSPS) is 20.7. The smallest absolute Gasteiger partial charge is 0.497 e. The first-order chi connectivity index (χ1) is 23.6. The van der Waals surface area contributed by atoms with E-state index in [0.717, 1.165) is 12.1 Å². The molecule has 6 unspecified atom stereocenters. The molecule has 2 aliphatic heterocycles. The highest BCUT2D eigenvalue weighted by Gasteiger charge is 2.44. The molecule has 2 aromatic carbocycles. The zero-order chi connectivity index (χ0) is 36.6. The predicted octanol–water partition coefficient (Wildman–Crippen LogP) is 3.72. The van der Waals surface area contributed by atoms with E-state index in [1.54, 1.807) is 45.0 Å². The van der Waals surface area contributed by atoms with Crippen molar-refractivity contribution in [1.29, 1.82) is 0 Å². The Balaban J connectivity index is 1.57. The highest BCUT2D eigenvalue weighted by atomic mass is 19.4. The molecular weight excluding hydrogens is 667 g/mol. The van der Waals surface area contributed by atoms with Gasteiger partial charge in [-0.1, -0.05) is 45.0 Å². The first-order valence-electron chi connectivity index (χ1n) is 16.1. The SMILES string of the molecule is COC(=O)C(C(=O)NC(Cc1ccc(OC)cc1)C(O)CN(Cc1ccc(OC(F)(F)F)cc1)NC(=O)OC1COC2OCCC12)C(C)(C)C. The molecule has 2 fully saturated rings. The van der Waals surface area contributed by atoms with E-state index >= 15 is 0 Å². The molecule has 2 amide bonds. The maximum atomic E-state index is 13.6. The number of esters is 1. The number of hydrogen-bond acceptors (Lipinski definition) is 11. The van der Waals surface area contributed by atoms with Crippen molar-refractivity contribution in [2.75, 3.05) is 34.0 Å². The van der Waals surface area contributed by atoms with E-state index in [0.29, 0.717) is 29.9 Å². The summed E-state index contributed by atoms with van der Waals surface area (Å²) in [6.07, 6.45) is -7.39. The minimum absolute atomic E-state index is 0.0925. The number of hydrogen-bond donors (Lipinski definition) is 3. The quantitative estimate of drug-likeness (QED) is 0.149. The molecule has 0 radical (unpaired) electrons. The number of carbonyl (C=O) groups is 3. The van der Waals surface area contributed by atoms with E-state index in [1.807, 2.05) is 0 Å². The van der Waals surface area contributed by atoms with Crippen molar-refractivity contribution >= 4 is 18.0 Å². The molecular formula is C34H44F3N3O10. The summed E-state index contributed by atoms with van der Waals surface area (Å²) in [5.41, 5.74) is 2.96. The van der Waals surface area contributed by atoms with Crippen molar-refractivity contribution in [2.45, 2.75) is 71.1 Å². The molecule has 0 saturated carbocycles. The third-order valence-electron chi connectivity index (χ3n) is 8.40. The van der Waals surface area contributed by atoms with E-state index in [9.17, 15) is 32.7 Å². The van der Waals surface area contributed by atoms with E-state index in [1.165, 1.54) is 31.4 Å². The molecule has 2 saturated heterocycles. The number of amides is 2. The Kier molecular flexibility index (Phi) is 12.9. The standard InChI is InChI=1S/C34H44F3N3O10/c1-33(2,3)28(30(43)46-5)29(42)38-25(16-20-6-10-22(45-4)11-7-20)26(41)18-40(17-21-8-12-23(13-9-21)50-34(35,36)37)39-32(44)49-27-19-48-31-24(27)14-15-47-31/h6-13,24-28,31,41H,14-19H2,1-5H3,(H,38,42)(H,39,44). The molecule has 50 heavy (non-hydrogen) atoms. The number of alkyl halides is 3. The van der Waals surface area contributed by atoms with Crippen molar-refractivity contribution in [3.8, 4) is 11.5 Å². The summed E-state index contributed by atoms with van der Waals surface area (Å²) in [5, 5.41) is 15.8. The molecule has 4 rings (SSSR count). The Bertz CT molecular complexity index is 1440. The van der Waals surface area contributed by atoms with Crippen LogP contribution in [0.25, 0.3) is 0 Å². The van der Waals surface area contributed by atoms with Gasteiger partial charge in [-0.05, 0) is 53.6 Å². The van der Waals surface area contributed by atoms with Gasteiger partial charge < -0.3 is 38.8 Å². The van der Waals surface area contributed by atoms with Gasteiger partial charge in [0.15, 0.2) is 6.29 Å². The van der Waals surface area contributed by atoms with Crippen LogP contribution in [0.4, 0.5) is 18.0 Å². The number of nitrogens with one attached hydrogen (secondary N) is 2. The fraction of sp³-hybridized carbons (Fsp3) is 0.559. The average molecular weight is 712 g/mol. The molecule has 2 aromatic rings. The molecule has 16 heteroatoms. The largest absolute Gasteiger partial charge is 0.573 e. The van der Waals surface area contributed by atoms with Gasteiger partial charge in [-0.3, -0.25) is 15.0 Å². The van der Waals surface area contributed by atoms with E-state index < -0.39 is 66.0 Å². The van der Waals surface area contributed by atoms with Crippen LogP contribution in [0.2, 0.25) is 0 Å². The van der Waals surface area contributed by atoms with Gasteiger partial charge >= 0.3 is 18.4 Å². The molecule has 13 nitrogen and oxygen atoms in total. The molecule has 0 aliphatic carbocycles. The molecule has 276 valence electrons. The maximum Gasteiger partial charge on any atom is 0.573 e. The fourth-order valence-electron chi connectivity index (χ4n) is 5.90. The summed E-state index contributed by atoms with van der Waals surface area (Å²) in [6.45, 7) is 5.35. The lowest BCUT2D eigenvalue weighted by molar-refractivity contribution is -0.274. The molecule has 0 spiro atoms. The van der Waals surface area contributed by atoms with Gasteiger partial charge in [0.25, 0.3) is 0 Å². The van der Waals surface area contributed by atoms with Crippen LogP contribution < -0.4 is 20.2 Å². The second-order valence-corrected chi connectivity index (χ2v) is 13.2. The van der Waals surface area contributed by atoms with Gasteiger partial charge in [-0.15, -0.1) is 13.2 Å². The van der Waals surface area contributed by atoms with Crippen molar-refractivity contribution in [3.63, 3.8) is 0 Å².